The molecule has 0 bridgehead atoms. The lowest BCUT2D eigenvalue weighted by Crippen LogP contribution is -2.52. The lowest BCUT2D eigenvalue weighted by Gasteiger charge is -2.38. The second-order valence-electron chi connectivity index (χ2n) is 16.3. The van der Waals surface area contributed by atoms with Crippen LogP contribution in [0.3, 0.4) is 0 Å². The van der Waals surface area contributed by atoms with Crippen LogP contribution in [0, 0.1) is 12.3 Å². The van der Waals surface area contributed by atoms with E-state index in [2.05, 4.69) is 43.3 Å². The number of carbonyl (C=O) groups excluding carboxylic acids is 2. The Labute approximate surface area is 385 Å². The standard InChI is InChI=1S/C42H68N16O8/c1-3-23-64-25-27-66-28-26-65-24-14-45-40-46-41(55-19-15-53(16-20-55)38(62)35(8-4-6-12-43)57-30-33(49-51-57)10-11-37(60)61)48-42(47-40)56-21-17-54(18-22-56)39(63)36(9-5-7-13-44)58-31-34(50-52-58)29-32(2)59/h1,30-32,35-36,59H,4-29,43-44H2,2H3,(H,60,61)(H,45,46,47,48)/p+2/t32?,35-,36-/m0/s1. The zero-order chi connectivity index (χ0) is 47.1. The van der Waals surface area contributed by atoms with Crippen molar-refractivity contribution in [2.45, 2.75) is 82.9 Å². The average Bonchev–Trinajstić information content (AvgIpc) is 3.99. The number of nitrogens with zero attached hydrogens (tertiary/aromatic N) is 13. The number of nitrogens with one attached hydrogen (secondary N) is 1. The zero-order valence-corrected chi connectivity index (χ0v) is 38.4. The van der Waals surface area contributed by atoms with Gasteiger partial charge in [-0.3, -0.25) is 14.4 Å². The summed E-state index contributed by atoms with van der Waals surface area (Å²) in [6.45, 7) is 9.54. The van der Waals surface area contributed by atoms with Crippen molar-refractivity contribution < 1.29 is 50.3 Å². The number of rotatable bonds is 30. The molecule has 5 heterocycles. The first-order chi connectivity index (χ1) is 32.1. The Bertz CT molecular complexity index is 1960. The highest BCUT2D eigenvalue weighted by molar-refractivity contribution is 5.81. The molecule has 1 unspecified atom stereocenters. The second kappa shape index (κ2) is 27.8. The number of amides is 2. The van der Waals surface area contributed by atoms with Crippen molar-refractivity contribution in [2.75, 3.05) is 127 Å². The molecule has 24 heteroatoms. The number of aromatic nitrogens is 9. The number of unbranched alkanes of at least 4 members (excludes halogenated alkanes) is 2. The summed E-state index contributed by atoms with van der Waals surface area (Å²) in [7, 11) is 0. The molecule has 0 saturated carbocycles. The van der Waals surface area contributed by atoms with Crippen molar-refractivity contribution in [1.29, 1.82) is 0 Å². The van der Waals surface area contributed by atoms with Crippen LogP contribution < -0.4 is 26.6 Å². The Hall–Kier alpha value is -5.58. The first-order valence-electron chi connectivity index (χ1n) is 23.1. The van der Waals surface area contributed by atoms with Crippen LogP contribution in [0.4, 0.5) is 17.8 Å². The highest BCUT2D eigenvalue weighted by atomic mass is 16.5. The molecule has 3 aromatic heterocycles. The van der Waals surface area contributed by atoms with Crippen LogP contribution in [-0.2, 0) is 41.4 Å². The van der Waals surface area contributed by atoms with E-state index < -0.39 is 24.2 Å². The number of aliphatic hydroxyl groups excluding tert-OH is 1. The third-order valence-electron chi connectivity index (χ3n) is 11.2. The van der Waals surface area contributed by atoms with Crippen LogP contribution in [0.5, 0.6) is 0 Å². The Morgan fingerprint density at radius 2 is 1.24 bits per heavy atom. The maximum absolute atomic E-state index is 14.1. The smallest absolute Gasteiger partial charge is 0.303 e. The minimum Gasteiger partial charge on any atom is -0.481 e. The van der Waals surface area contributed by atoms with Crippen molar-refractivity contribution in [3.05, 3.63) is 23.8 Å². The first kappa shape index (κ1) is 51.4. The molecule has 9 N–H and O–H groups in total. The van der Waals surface area contributed by atoms with Gasteiger partial charge in [0.2, 0.25) is 29.7 Å². The van der Waals surface area contributed by atoms with Gasteiger partial charge in [-0.2, -0.15) is 15.0 Å². The predicted octanol–water partition coefficient (Wildman–Crippen LogP) is -2.31. The summed E-state index contributed by atoms with van der Waals surface area (Å²) in [5.74, 6) is 2.69. The fourth-order valence-electron chi connectivity index (χ4n) is 7.64. The van der Waals surface area contributed by atoms with Gasteiger partial charge in [-0.25, -0.2) is 9.36 Å². The van der Waals surface area contributed by atoms with Gasteiger partial charge in [-0.1, -0.05) is 16.3 Å². The van der Waals surface area contributed by atoms with Gasteiger partial charge in [0.25, 0.3) is 0 Å². The van der Waals surface area contributed by atoms with E-state index in [0.717, 1.165) is 38.8 Å². The molecule has 2 aliphatic rings. The Morgan fingerprint density at radius 3 is 1.74 bits per heavy atom. The first-order valence-corrected chi connectivity index (χ1v) is 23.1. The van der Waals surface area contributed by atoms with E-state index in [1.165, 1.54) is 0 Å². The molecule has 0 aliphatic carbocycles. The van der Waals surface area contributed by atoms with Gasteiger partial charge in [0.15, 0.2) is 0 Å². The largest absolute Gasteiger partial charge is 0.481 e. The SMILES string of the molecule is C#CCOCCOCCOCCNc1nc(N2CCN(C(=O)[C@H](CCCC[NH3+])n3cc(CCC(=O)O)nn3)CC2)nc(N2CCN(C(=O)[C@H](CCCC[NH3+])n3cc(CC(C)O)nn3)CC2)n1. The minimum atomic E-state index is -0.923. The molecule has 2 aliphatic heterocycles. The highest BCUT2D eigenvalue weighted by Crippen LogP contribution is 2.24. The summed E-state index contributed by atoms with van der Waals surface area (Å²) < 4.78 is 19.7. The van der Waals surface area contributed by atoms with Crippen molar-refractivity contribution >= 4 is 35.6 Å². The quantitative estimate of drug-likeness (QED) is 0.0347. The summed E-state index contributed by atoms with van der Waals surface area (Å²) in [5.41, 5.74) is 9.06. The second-order valence-corrected chi connectivity index (χ2v) is 16.3. The number of aryl methyl sites for hydroxylation is 1. The van der Waals surface area contributed by atoms with Gasteiger partial charge in [0.1, 0.15) is 18.7 Å². The molecule has 2 amide bonds. The van der Waals surface area contributed by atoms with Gasteiger partial charge >= 0.3 is 5.97 Å². The predicted molar refractivity (Wildman–Crippen MR) is 240 cm³/mol. The van der Waals surface area contributed by atoms with Crippen LogP contribution in [0.15, 0.2) is 12.4 Å². The highest BCUT2D eigenvalue weighted by Gasteiger charge is 2.33. The maximum Gasteiger partial charge on any atom is 0.303 e. The van der Waals surface area contributed by atoms with Crippen LogP contribution in [0.2, 0.25) is 0 Å². The molecule has 24 nitrogen and oxygen atoms in total. The van der Waals surface area contributed by atoms with E-state index in [1.54, 1.807) is 28.7 Å². The van der Waals surface area contributed by atoms with Gasteiger partial charge in [0.05, 0.1) is 70.0 Å². The van der Waals surface area contributed by atoms with E-state index in [9.17, 15) is 19.5 Å². The molecule has 364 valence electrons. The number of piperazine rings is 2. The summed E-state index contributed by atoms with van der Waals surface area (Å²) in [6, 6.07) is -1.10. The molecule has 5 rings (SSSR count). The monoisotopic (exact) mass is 927 g/mol. The number of hydrogen-bond donors (Lipinski definition) is 5. The minimum absolute atomic E-state index is 0.0343. The molecule has 66 heavy (non-hydrogen) atoms. The number of anilines is 3. The van der Waals surface area contributed by atoms with Crippen molar-refractivity contribution in [3.63, 3.8) is 0 Å². The van der Waals surface area contributed by atoms with E-state index in [-0.39, 0.29) is 31.3 Å². The van der Waals surface area contributed by atoms with Gasteiger partial charge in [-0.15, -0.1) is 16.6 Å². The topological polar surface area (TPSA) is 300 Å². The van der Waals surface area contributed by atoms with Crippen molar-refractivity contribution in [2.24, 2.45) is 0 Å². The summed E-state index contributed by atoms with van der Waals surface area (Å²) in [4.78, 5) is 61.7. The van der Waals surface area contributed by atoms with Gasteiger partial charge in [0, 0.05) is 84.1 Å². The molecule has 2 saturated heterocycles. The van der Waals surface area contributed by atoms with Gasteiger partial charge < -0.3 is 60.8 Å². The number of aliphatic hydroxyl groups is 1. The fourth-order valence-corrected chi connectivity index (χ4v) is 7.64. The normalized spacial score (nSPS) is 15.7. The third-order valence-corrected chi connectivity index (χ3v) is 11.2. The number of carboxylic acids is 1. The Balaban J connectivity index is 1.25. The number of ether oxygens (including phenoxy) is 3. The number of quaternary nitrogens is 2. The number of hydrogen-bond acceptors (Lipinski definition) is 17. The fraction of sp³-hybridized carbons (Fsp3) is 0.714. The Kier molecular flexibility index (Phi) is 21.6. The van der Waals surface area contributed by atoms with E-state index in [0.29, 0.717) is 140 Å². The van der Waals surface area contributed by atoms with Crippen molar-refractivity contribution in [1.82, 2.24) is 54.7 Å². The number of aliphatic carboxylic acids is 1. The molecular weight excluding hydrogens is 857 g/mol. The third kappa shape index (κ3) is 16.4. The molecule has 3 atom stereocenters. The van der Waals surface area contributed by atoms with Crippen LogP contribution in [0.1, 0.15) is 75.3 Å². The van der Waals surface area contributed by atoms with Crippen LogP contribution >= 0.6 is 0 Å². The molecule has 0 radical (unpaired) electrons. The Morgan fingerprint density at radius 1 is 0.742 bits per heavy atom. The van der Waals surface area contributed by atoms with Gasteiger partial charge in [-0.05, 0) is 45.4 Å². The molecular formula is C42H70N16O8+2. The van der Waals surface area contributed by atoms with E-state index >= 15 is 0 Å². The lowest BCUT2D eigenvalue weighted by atomic mass is 10.1. The van der Waals surface area contributed by atoms with Crippen LogP contribution in [0.25, 0.3) is 0 Å². The number of carboxylic acid groups (broad SMARTS) is 1. The summed E-state index contributed by atoms with van der Waals surface area (Å²) in [5, 5.41) is 39.2. The van der Waals surface area contributed by atoms with E-state index in [4.69, 9.17) is 40.7 Å². The maximum atomic E-state index is 14.1. The zero-order valence-electron chi connectivity index (χ0n) is 38.4. The van der Waals surface area contributed by atoms with Crippen molar-refractivity contribution in [3.8, 4) is 12.3 Å². The molecule has 0 spiro atoms. The summed E-state index contributed by atoms with van der Waals surface area (Å²) in [6.07, 6.45) is 13.1. The molecule has 0 aromatic carbocycles. The van der Waals surface area contributed by atoms with E-state index in [1.807, 2.05) is 19.6 Å². The average molecular weight is 927 g/mol. The number of carbonyl (C=O) groups is 3. The lowest BCUT2D eigenvalue weighted by molar-refractivity contribution is -0.369. The molecule has 3 aromatic rings. The van der Waals surface area contributed by atoms with Crippen LogP contribution in [-0.4, -0.2) is 200 Å². The molecule has 2 fully saturated rings. The summed E-state index contributed by atoms with van der Waals surface area (Å²) >= 11 is 0. The number of terminal acetylenes is 1.